The molecule has 0 unspecified atom stereocenters. The summed E-state index contributed by atoms with van der Waals surface area (Å²) in [5.41, 5.74) is 5.70. The fraction of sp³-hybridized carbons (Fsp3) is 0.190. The van der Waals surface area contributed by atoms with Gasteiger partial charge in [0.1, 0.15) is 5.75 Å². The number of amides is 1. The Labute approximate surface area is 169 Å². The Hall–Kier alpha value is -3.19. The van der Waals surface area contributed by atoms with Crippen LogP contribution in [0.5, 0.6) is 5.75 Å². The summed E-state index contributed by atoms with van der Waals surface area (Å²) in [7, 11) is 1.52. The second kappa shape index (κ2) is 8.67. The number of methoxy groups -OCH3 is 1. The van der Waals surface area contributed by atoms with Crippen LogP contribution in [-0.2, 0) is 6.42 Å². The molecule has 1 aromatic heterocycles. The quantitative estimate of drug-likeness (QED) is 0.575. The minimum atomic E-state index is -0.322. The normalized spacial score (nSPS) is 10.4. The Morgan fingerprint density at radius 3 is 2.50 bits per heavy atom. The SMILES string of the molecule is COc1ccccc1C(=O)NC(=S)Nc1ccc(Cc2c(C)n[nH]c2C)cc1. The van der Waals surface area contributed by atoms with Gasteiger partial charge in [-0.3, -0.25) is 15.2 Å². The number of nitrogens with zero attached hydrogens (tertiary/aromatic N) is 1. The molecule has 0 aliphatic heterocycles. The van der Waals surface area contributed by atoms with Gasteiger partial charge in [0.05, 0.1) is 18.4 Å². The summed E-state index contributed by atoms with van der Waals surface area (Å²) in [5.74, 6) is 0.175. The standard InChI is InChI=1S/C21H22N4O2S/c1-13-18(14(2)25-24-13)12-15-8-10-16(11-9-15)22-21(28)23-20(26)17-6-4-5-7-19(17)27-3/h4-11H,12H2,1-3H3,(H,24,25)(H2,22,23,26,28). The first-order valence-electron chi connectivity index (χ1n) is 8.82. The zero-order valence-electron chi connectivity index (χ0n) is 16.0. The first-order chi connectivity index (χ1) is 13.5. The number of aromatic amines is 1. The molecule has 3 N–H and O–H groups in total. The molecule has 7 heteroatoms. The van der Waals surface area contributed by atoms with Crippen LogP contribution in [0.25, 0.3) is 0 Å². The summed E-state index contributed by atoms with van der Waals surface area (Å²) < 4.78 is 5.21. The van der Waals surface area contributed by atoms with E-state index in [4.69, 9.17) is 17.0 Å². The third-order valence-corrected chi connectivity index (χ3v) is 4.66. The molecule has 3 aromatic rings. The second-order valence-corrected chi connectivity index (χ2v) is 6.80. The lowest BCUT2D eigenvalue weighted by Gasteiger charge is -2.12. The average Bonchev–Trinajstić information content (AvgIpc) is 3.01. The lowest BCUT2D eigenvalue weighted by atomic mass is 10.0. The van der Waals surface area contributed by atoms with Crippen molar-refractivity contribution in [2.45, 2.75) is 20.3 Å². The number of aromatic nitrogens is 2. The third-order valence-electron chi connectivity index (χ3n) is 4.45. The molecule has 28 heavy (non-hydrogen) atoms. The minimum absolute atomic E-state index is 0.227. The number of thiocarbonyl (C=S) groups is 1. The fourth-order valence-corrected chi connectivity index (χ4v) is 3.12. The van der Waals surface area contributed by atoms with E-state index in [2.05, 4.69) is 20.8 Å². The number of carbonyl (C=O) groups is 1. The molecule has 2 aromatic carbocycles. The van der Waals surface area contributed by atoms with E-state index in [0.29, 0.717) is 11.3 Å². The van der Waals surface area contributed by atoms with Crippen molar-refractivity contribution in [3.63, 3.8) is 0 Å². The molecule has 0 bridgehead atoms. The zero-order chi connectivity index (χ0) is 20.1. The van der Waals surface area contributed by atoms with Crippen LogP contribution >= 0.6 is 12.2 Å². The van der Waals surface area contributed by atoms with Crippen LogP contribution in [-0.4, -0.2) is 28.3 Å². The maximum absolute atomic E-state index is 12.4. The highest BCUT2D eigenvalue weighted by Gasteiger charge is 2.13. The van der Waals surface area contributed by atoms with E-state index in [1.54, 1.807) is 24.3 Å². The summed E-state index contributed by atoms with van der Waals surface area (Å²) in [5, 5.41) is 13.2. The van der Waals surface area contributed by atoms with Gasteiger partial charge in [-0.2, -0.15) is 5.10 Å². The molecule has 0 saturated carbocycles. The fourth-order valence-electron chi connectivity index (χ4n) is 2.91. The molecule has 0 saturated heterocycles. The van der Waals surface area contributed by atoms with Crippen molar-refractivity contribution in [1.82, 2.24) is 15.5 Å². The highest BCUT2D eigenvalue weighted by molar-refractivity contribution is 7.80. The predicted octanol–water partition coefficient (Wildman–Crippen LogP) is 3.75. The average molecular weight is 395 g/mol. The van der Waals surface area contributed by atoms with Crippen molar-refractivity contribution in [2.75, 3.05) is 12.4 Å². The van der Waals surface area contributed by atoms with Crippen LogP contribution in [0, 0.1) is 13.8 Å². The predicted molar refractivity (Wildman–Crippen MR) is 114 cm³/mol. The molecule has 0 aliphatic rings. The Morgan fingerprint density at radius 2 is 1.86 bits per heavy atom. The maximum atomic E-state index is 12.4. The number of aryl methyl sites for hydroxylation is 2. The van der Waals surface area contributed by atoms with Crippen molar-refractivity contribution in [1.29, 1.82) is 0 Å². The Bertz CT molecular complexity index is 976. The minimum Gasteiger partial charge on any atom is -0.496 e. The molecule has 0 aliphatic carbocycles. The molecule has 1 heterocycles. The number of hydrogen-bond acceptors (Lipinski definition) is 4. The molecule has 1 amide bonds. The van der Waals surface area contributed by atoms with Gasteiger partial charge in [0, 0.05) is 23.4 Å². The number of rotatable bonds is 5. The van der Waals surface area contributed by atoms with Crippen LogP contribution in [0.3, 0.4) is 0 Å². The number of nitrogens with one attached hydrogen (secondary N) is 3. The van der Waals surface area contributed by atoms with Gasteiger partial charge < -0.3 is 10.1 Å². The number of ether oxygens (including phenoxy) is 1. The van der Waals surface area contributed by atoms with Gasteiger partial charge in [-0.25, -0.2) is 0 Å². The summed E-state index contributed by atoms with van der Waals surface area (Å²) in [6.07, 6.45) is 0.809. The van der Waals surface area contributed by atoms with Crippen molar-refractivity contribution in [2.24, 2.45) is 0 Å². The lowest BCUT2D eigenvalue weighted by molar-refractivity contribution is 0.0975. The number of hydrogen-bond donors (Lipinski definition) is 3. The first kappa shape index (κ1) is 19.6. The smallest absolute Gasteiger partial charge is 0.261 e. The Balaban J connectivity index is 1.61. The van der Waals surface area contributed by atoms with Crippen molar-refractivity contribution >= 4 is 28.9 Å². The van der Waals surface area contributed by atoms with Crippen molar-refractivity contribution in [3.05, 3.63) is 76.6 Å². The Morgan fingerprint density at radius 1 is 1.14 bits per heavy atom. The molecule has 0 radical (unpaired) electrons. The maximum Gasteiger partial charge on any atom is 0.261 e. The van der Waals surface area contributed by atoms with E-state index in [-0.39, 0.29) is 11.0 Å². The van der Waals surface area contributed by atoms with Gasteiger partial charge in [-0.05, 0) is 55.9 Å². The summed E-state index contributed by atoms with van der Waals surface area (Å²) >= 11 is 5.26. The third kappa shape index (κ3) is 4.55. The van der Waals surface area contributed by atoms with Crippen LogP contribution in [0.4, 0.5) is 5.69 Å². The summed E-state index contributed by atoms with van der Waals surface area (Å²) in [6, 6.07) is 14.9. The van der Waals surface area contributed by atoms with Crippen LogP contribution < -0.4 is 15.4 Å². The molecule has 0 atom stereocenters. The number of carbonyl (C=O) groups excluding carboxylic acids is 1. The van der Waals surface area contributed by atoms with Gasteiger partial charge in [0.15, 0.2) is 5.11 Å². The largest absolute Gasteiger partial charge is 0.496 e. The van der Waals surface area contributed by atoms with E-state index < -0.39 is 0 Å². The van der Waals surface area contributed by atoms with E-state index in [1.807, 2.05) is 38.1 Å². The van der Waals surface area contributed by atoms with E-state index >= 15 is 0 Å². The van der Waals surface area contributed by atoms with Crippen LogP contribution in [0.1, 0.15) is 32.9 Å². The van der Waals surface area contributed by atoms with Crippen molar-refractivity contribution in [3.8, 4) is 5.75 Å². The molecule has 0 fully saturated rings. The summed E-state index contributed by atoms with van der Waals surface area (Å²) in [4.78, 5) is 12.4. The molecular formula is C21H22N4O2S. The highest BCUT2D eigenvalue weighted by Crippen LogP contribution is 2.18. The van der Waals surface area contributed by atoms with Gasteiger partial charge in [0.25, 0.3) is 5.91 Å². The monoisotopic (exact) mass is 394 g/mol. The van der Waals surface area contributed by atoms with Gasteiger partial charge in [-0.1, -0.05) is 24.3 Å². The van der Waals surface area contributed by atoms with E-state index in [0.717, 1.165) is 23.5 Å². The van der Waals surface area contributed by atoms with E-state index in [1.165, 1.54) is 18.2 Å². The molecule has 6 nitrogen and oxygen atoms in total. The molecular weight excluding hydrogens is 372 g/mol. The number of anilines is 1. The van der Waals surface area contributed by atoms with Gasteiger partial charge in [-0.15, -0.1) is 0 Å². The topological polar surface area (TPSA) is 79.0 Å². The number of benzene rings is 2. The van der Waals surface area contributed by atoms with E-state index in [9.17, 15) is 4.79 Å². The zero-order valence-corrected chi connectivity index (χ0v) is 16.8. The summed E-state index contributed by atoms with van der Waals surface area (Å²) in [6.45, 7) is 4.02. The Kier molecular flexibility index (Phi) is 6.06. The van der Waals surface area contributed by atoms with Gasteiger partial charge in [0.2, 0.25) is 0 Å². The van der Waals surface area contributed by atoms with Crippen LogP contribution in [0.15, 0.2) is 48.5 Å². The van der Waals surface area contributed by atoms with Gasteiger partial charge >= 0.3 is 0 Å². The molecule has 3 rings (SSSR count). The van der Waals surface area contributed by atoms with Crippen LogP contribution in [0.2, 0.25) is 0 Å². The van der Waals surface area contributed by atoms with Crippen molar-refractivity contribution < 1.29 is 9.53 Å². The first-order valence-corrected chi connectivity index (χ1v) is 9.23. The lowest BCUT2D eigenvalue weighted by Crippen LogP contribution is -2.34. The number of H-pyrrole nitrogens is 1. The molecule has 144 valence electrons. The second-order valence-electron chi connectivity index (χ2n) is 6.39. The molecule has 0 spiro atoms. The number of para-hydroxylation sites is 1. The highest BCUT2D eigenvalue weighted by atomic mass is 32.1.